The van der Waals surface area contributed by atoms with Crippen LogP contribution in [0.2, 0.25) is 0 Å². The minimum Gasteiger partial charge on any atom is -0.477 e. The standard InChI is InChI=1S/C3H5N3O2S/c4-3(9)6-5-1-2(7)8/h1H,(H,7,8)(H3,4,6,9)/b5-1-. The van der Waals surface area contributed by atoms with Gasteiger partial charge in [-0.3, -0.25) is 5.43 Å². The van der Waals surface area contributed by atoms with Crippen molar-refractivity contribution in [1.82, 2.24) is 5.43 Å². The van der Waals surface area contributed by atoms with Crippen LogP contribution in [0.15, 0.2) is 5.10 Å². The van der Waals surface area contributed by atoms with Crippen molar-refractivity contribution in [2.24, 2.45) is 10.8 Å². The Morgan fingerprint density at radius 2 is 2.44 bits per heavy atom. The number of aliphatic carboxylic acids is 1. The van der Waals surface area contributed by atoms with Crippen molar-refractivity contribution in [2.45, 2.75) is 0 Å². The van der Waals surface area contributed by atoms with Crippen LogP contribution in [0.25, 0.3) is 0 Å². The van der Waals surface area contributed by atoms with E-state index < -0.39 is 5.97 Å². The Labute approximate surface area is 56.5 Å². The van der Waals surface area contributed by atoms with Gasteiger partial charge in [0.05, 0.1) is 0 Å². The lowest BCUT2D eigenvalue weighted by Gasteiger charge is -1.89. The summed E-state index contributed by atoms with van der Waals surface area (Å²) in [6.45, 7) is 0. The van der Waals surface area contributed by atoms with Gasteiger partial charge in [0.15, 0.2) is 5.11 Å². The predicted molar refractivity (Wildman–Crippen MR) is 36.0 cm³/mol. The molecule has 0 saturated carbocycles. The molecule has 5 nitrogen and oxygen atoms in total. The van der Waals surface area contributed by atoms with Crippen LogP contribution in [-0.2, 0) is 4.79 Å². The molecule has 0 heterocycles. The molecule has 0 bridgehead atoms. The third-order valence-electron chi connectivity index (χ3n) is 0.350. The van der Waals surface area contributed by atoms with Gasteiger partial charge in [-0.1, -0.05) is 0 Å². The molecule has 0 aliphatic heterocycles. The van der Waals surface area contributed by atoms with Crippen molar-refractivity contribution in [3.63, 3.8) is 0 Å². The first-order valence-electron chi connectivity index (χ1n) is 1.94. The van der Waals surface area contributed by atoms with Crippen molar-refractivity contribution >= 4 is 29.5 Å². The van der Waals surface area contributed by atoms with Crippen molar-refractivity contribution in [1.29, 1.82) is 0 Å². The topological polar surface area (TPSA) is 87.7 Å². The molecular weight excluding hydrogens is 142 g/mol. The first-order chi connectivity index (χ1) is 4.13. The van der Waals surface area contributed by atoms with E-state index in [1.807, 2.05) is 0 Å². The molecule has 0 fully saturated rings. The maximum atomic E-state index is 9.71. The summed E-state index contributed by atoms with van der Waals surface area (Å²) in [5.41, 5.74) is 6.97. The Balaban J connectivity index is 3.48. The lowest BCUT2D eigenvalue weighted by atomic mass is 10.8. The quantitative estimate of drug-likeness (QED) is 0.262. The van der Waals surface area contributed by atoms with Crippen molar-refractivity contribution in [3.05, 3.63) is 0 Å². The number of nitrogens with zero attached hydrogens (tertiary/aromatic N) is 1. The van der Waals surface area contributed by atoms with E-state index in [1.165, 1.54) is 0 Å². The van der Waals surface area contributed by atoms with Gasteiger partial charge in [-0.25, -0.2) is 4.79 Å². The second-order valence-electron chi connectivity index (χ2n) is 1.07. The Morgan fingerprint density at radius 3 is 2.78 bits per heavy atom. The number of carbonyl (C=O) groups is 1. The molecule has 0 radical (unpaired) electrons. The van der Waals surface area contributed by atoms with Gasteiger partial charge >= 0.3 is 5.97 Å². The van der Waals surface area contributed by atoms with E-state index in [0.717, 1.165) is 0 Å². The molecule has 0 aliphatic rings. The SMILES string of the molecule is NC(=S)N/N=C\C(=O)O. The molecule has 50 valence electrons. The Hall–Kier alpha value is -1.17. The average Bonchev–Trinajstić information content (AvgIpc) is 1.63. The Kier molecular flexibility index (Phi) is 3.29. The number of hydrazone groups is 1. The molecule has 0 unspecified atom stereocenters. The van der Waals surface area contributed by atoms with Gasteiger partial charge in [0.25, 0.3) is 0 Å². The highest BCUT2D eigenvalue weighted by molar-refractivity contribution is 7.80. The van der Waals surface area contributed by atoms with Gasteiger partial charge in [0.2, 0.25) is 0 Å². The molecule has 0 aromatic rings. The van der Waals surface area contributed by atoms with E-state index in [9.17, 15) is 4.79 Å². The fourth-order valence-electron chi connectivity index (χ4n) is 0.151. The van der Waals surface area contributed by atoms with Crippen molar-refractivity contribution < 1.29 is 9.90 Å². The number of hydrogen-bond acceptors (Lipinski definition) is 3. The van der Waals surface area contributed by atoms with Crippen LogP contribution in [0.3, 0.4) is 0 Å². The van der Waals surface area contributed by atoms with Gasteiger partial charge < -0.3 is 10.8 Å². The molecule has 0 aliphatic carbocycles. The largest absolute Gasteiger partial charge is 0.477 e. The molecule has 0 amide bonds. The first kappa shape index (κ1) is 7.83. The molecule has 0 aromatic carbocycles. The number of nitrogens with two attached hydrogens (primary N) is 1. The summed E-state index contributed by atoms with van der Waals surface area (Å²) < 4.78 is 0. The number of rotatable bonds is 2. The van der Waals surface area contributed by atoms with Crippen LogP contribution in [0, 0.1) is 0 Å². The lowest BCUT2D eigenvalue weighted by molar-refractivity contribution is -0.128. The summed E-state index contributed by atoms with van der Waals surface area (Å²) in [6, 6.07) is 0. The number of carboxylic acid groups (broad SMARTS) is 1. The van der Waals surface area contributed by atoms with Crippen molar-refractivity contribution in [3.8, 4) is 0 Å². The van der Waals surface area contributed by atoms with E-state index in [0.29, 0.717) is 6.21 Å². The molecule has 0 aromatic heterocycles. The van der Waals surface area contributed by atoms with Crippen LogP contribution < -0.4 is 11.2 Å². The van der Waals surface area contributed by atoms with Crippen LogP contribution in [0.4, 0.5) is 0 Å². The number of hydrogen-bond donors (Lipinski definition) is 3. The average molecular weight is 147 g/mol. The van der Waals surface area contributed by atoms with E-state index in [1.54, 1.807) is 0 Å². The van der Waals surface area contributed by atoms with Crippen LogP contribution >= 0.6 is 12.2 Å². The molecular formula is C3H5N3O2S. The molecule has 0 saturated heterocycles. The number of thiocarbonyl (C=S) groups is 1. The second kappa shape index (κ2) is 3.79. The summed E-state index contributed by atoms with van der Waals surface area (Å²) in [5, 5.41) is 11.0. The smallest absolute Gasteiger partial charge is 0.348 e. The highest BCUT2D eigenvalue weighted by Crippen LogP contribution is 1.58. The fourth-order valence-corrected chi connectivity index (χ4v) is 0.204. The predicted octanol–water partition coefficient (Wildman–Crippen LogP) is -1.11. The lowest BCUT2D eigenvalue weighted by Crippen LogP contribution is -2.24. The summed E-state index contributed by atoms with van der Waals surface area (Å²) >= 11 is 4.31. The fraction of sp³-hybridized carbons (Fsp3) is 0. The first-order valence-corrected chi connectivity index (χ1v) is 2.35. The molecule has 4 N–H and O–H groups in total. The van der Waals surface area contributed by atoms with Gasteiger partial charge in [-0.2, -0.15) is 5.10 Å². The normalized spacial score (nSPS) is 9.33. The maximum Gasteiger partial charge on any atom is 0.348 e. The zero-order valence-corrected chi connectivity index (χ0v) is 5.18. The summed E-state index contributed by atoms with van der Waals surface area (Å²) in [4.78, 5) is 9.71. The van der Waals surface area contributed by atoms with Gasteiger partial charge in [0, 0.05) is 0 Å². The number of nitrogens with one attached hydrogen (secondary N) is 1. The summed E-state index contributed by atoms with van der Waals surface area (Å²) in [5.74, 6) is -1.15. The highest BCUT2D eigenvalue weighted by atomic mass is 32.1. The maximum absolute atomic E-state index is 9.71. The zero-order valence-electron chi connectivity index (χ0n) is 4.37. The monoisotopic (exact) mass is 147 g/mol. The summed E-state index contributed by atoms with van der Waals surface area (Å²) in [6.07, 6.45) is 0.652. The summed E-state index contributed by atoms with van der Waals surface area (Å²) in [7, 11) is 0. The van der Waals surface area contributed by atoms with Gasteiger partial charge in [-0.15, -0.1) is 0 Å². The van der Waals surface area contributed by atoms with E-state index in [4.69, 9.17) is 10.8 Å². The molecule has 0 atom stereocenters. The third-order valence-corrected chi connectivity index (χ3v) is 0.441. The van der Waals surface area contributed by atoms with Crippen LogP contribution in [0.5, 0.6) is 0 Å². The van der Waals surface area contributed by atoms with Gasteiger partial charge in [0.1, 0.15) is 6.21 Å². The highest BCUT2D eigenvalue weighted by Gasteiger charge is 1.84. The van der Waals surface area contributed by atoms with E-state index in [-0.39, 0.29) is 5.11 Å². The zero-order chi connectivity index (χ0) is 7.28. The van der Waals surface area contributed by atoms with Crippen molar-refractivity contribution in [2.75, 3.05) is 0 Å². The Bertz CT molecular complexity index is 155. The molecule has 0 spiro atoms. The van der Waals surface area contributed by atoms with E-state index in [2.05, 4.69) is 22.7 Å². The number of carboxylic acids is 1. The van der Waals surface area contributed by atoms with E-state index >= 15 is 0 Å². The van der Waals surface area contributed by atoms with Crippen LogP contribution in [0.1, 0.15) is 0 Å². The van der Waals surface area contributed by atoms with Crippen LogP contribution in [-0.4, -0.2) is 22.4 Å². The minimum atomic E-state index is -1.15. The molecule has 9 heavy (non-hydrogen) atoms. The molecule has 0 rings (SSSR count). The molecule has 6 heteroatoms. The van der Waals surface area contributed by atoms with Gasteiger partial charge in [-0.05, 0) is 12.2 Å². The Morgan fingerprint density at radius 1 is 1.89 bits per heavy atom. The third kappa shape index (κ3) is 6.83. The minimum absolute atomic E-state index is 0.0625. The second-order valence-corrected chi connectivity index (χ2v) is 1.51.